The molecule has 2 heterocycles. The van der Waals surface area contributed by atoms with Crippen molar-refractivity contribution in [2.45, 2.75) is 13.5 Å². The lowest BCUT2D eigenvalue weighted by Gasteiger charge is -2.07. The second-order valence-corrected chi connectivity index (χ2v) is 5.85. The minimum absolute atomic E-state index is 0.00399. The number of hydrogen-bond acceptors (Lipinski definition) is 4. The number of aromatic nitrogens is 2. The van der Waals surface area contributed by atoms with Gasteiger partial charge in [-0.3, -0.25) is 4.79 Å². The first-order valence-corrected chi connectivity index (χ1v) is 8.22. The van der Waals surface area contributed by atoms with Gasteiger partial charge in [-0.2, -0.15) is 0 Å². The third-order valence-corrected chi connectivity index (χ3v) is 3.93. The molecule has 0 saturated heterocycles. The normalized spacial score (nSPS) is 10.8. The molecule has 25 heavy (non-hydrogen) atoms. The van der Waals surface area contributed by atoms with Crippen molar-refractivity contribution in [2.24, 2.45) is 0 Å². The molecule has 0 aliphatic heterocycles. The van der Waals surface area contributed by atoms with Crippen molar-refractivity contribution in [3.63, 3.8) is 0 Å². The van der Waals surface area contributed by atoms with Crippen LogP contribution in [0.5, 0.6) is 5.88 Å². The molecule has 3 aromatic rings. The molecule has 0 unspecified atom stereocenters. The molecule has 0 aliphatic carbocycles. The van der Waals surface area contributed by atoms with E-state index in [0.29, 0.717) is 12.4 Å². The van der Waals surface area contributed by atoms with E-state index in [-0.39, 0.29) is 5.91 Å². The highest BCUT2D eigenvalue weighted by Crippen LogP contribution is 2.24. The van der Waals surface area contributed by atoms with Crippen LogP contribution in [0.15, 0.2) is 48.9 Å². The topological polar surface area (TPSA) is 67.7 Å². The number of nitrogens with one attached hydrogen (secondary N) is 2. The van der Waals surface area contributed by atoms with Crippen molar-refractivity contribution in [1.29, 1.82) is 0 Å². The monoisotopic (exact) mass is 338 g/mol. The van der Waals surface area contributed by atoms with Gasteiger partial charge < -0.3 is 19.8 Å². The number of fused-ring (bicyclic) bond motifs is 1. The predicted molar refractivity (Wildman–Crippen MR) is 97.6 cm³/mol. The van der Waals surface area contributed by atoms with E-state index in [2.05, 4.69) is 52.1 Å². The fourth-order valence-corrected chi connectivity index (χ4v) is 2.68. The number of hydrogen-bond donors (Lipinski definition) is 2. The predicted octanol–water partition coefficient (Wildman–Crippen LogP) is 2.24. The summed E-state index contributed by atoms with van der Waals surface area (Å²) in [7, 11) is 1.62. The van der Waals surface area contributed by atoms with Gasteiger partial charge in [0.15, 0.2) is 0 Å². The second kappa shape index (κ2) is 7.81. The number of methoxy groups -OCH3 is 1. The lowest BCUT2D eigenvalue weighted by molar-refractivity contribution is -0.118. The van der Waals surface area contributed by atoms with Crippen molar-refractivity contribution in [2.75, 3.05) is 20.2 Å². The van der Waals surface area contributed by atoms with Crippen LogP contribution < -0.4 is 15.4 Å². The summed E-state index contributed by atoms with van der Waals surface area (Å²) in [5, 5.41) is 6.10. The maximum atomic E-state index is 10.8. The Morgan fingerprint density at radius 2 is 2.08 bits per heavy atom. The summed E-state index contributed by atoms with van der Waals surface area (Å²) in [6.07, 6.45) is 3.82. The fraction of sp³-hybridized carbons (Fsp3) is 0.263. The van der Waals surface area contributed by atoms with Gasteiger partial charge in [-0.1, -0.05) is 18.2 Å². The van der Waals surface area contributed by atoms with Crippen molar-refractivity contribution < 1.29 is 9.53 Å². The van der Waals surface area contributed by atoms with E-state index in [1.165, 1.54) is 12.5 Å². The van der Waals surface area contributed by atoms with E-state index in [0.717, 1.165) is 29.7 Å². The molecule has 130 valence electrons. The zero-order valence-electron chi connectivity index (χ0n) is 14.5. The van der Waals surface area contributed by atoms with Gasteiger partial charge in [0.2, 0.25) is 11.8 Å². The largest absolute Gasteiger partial charge is 0.481 e. The van der Waals surface area contributed by atoms with Crippen molar-refractivity contribution in [3.05, 3.63) is 54.5 Å². The molecule has 6 heteroatoms. The van der Waals surface area contributed by atoms with Crippen LogP contribution in [0.4, 0.5) is 0 Å². The average Bonchev–Trinajstić information content (AvgIpc) is 3.04. The Labute approximate surface area is 146 Å². The highest BCUT2D eigenvalue weighted by atomic mass is 16.5. The van der Waals surface area contributed by atoms with Crippen LogP contribution >= 0.6 is 0 Å². The SMILES string of the molecule is COc1cc2cc(-c3cccc(CNCCNC(C)=O)c3)cn2cn1. The molecule has 1 aromatic carbocycles. The van der Waals surface area contributed by atoms with E-state index in [1.54, 1.807) is 13.4 Å². The van der Waals surface area contributed by atoms with Crippen LogP contribution in [0.1, 0.15) is 12.5 Å². The molecule has 2 aromatic heterocycles. The van der Waals surface area contributed by atoms with Gasteiger partial charge in [0, 0.05) is 44.4 Å². The Morgan fingerprint density at radius 3 is 2.88 bits per heavy atom. The zero-order valence-corrected chi connectivity index (χ0v) is 14.5. The van der Waals surface area contributed by atoms with E-state index in [4.69, 9.17) is 4.74 Å². The van der Waals surface area contributed by atoms with Crippen LogP contribution in [0, 0.1) is 0 Å². The van der Waals surface area contributed by atoms with Gasteiger partial charge in [0.1, 0.15) is 6.33 Å². The molecule has 0 bridgehead atoms. The Balaban J connectivity index is 1.69. The first-order valence-electron chi connectivity index (χ1n) is 8.22. The van der Waals surface area contributed by atoms with Gasteiger partial charge in [0.25, 0.3) is 0 Å². The average molecular weight is 338 g/mol. The van der Waals surface area contributed by atoms with Crippen molar-refractivity contribution in [1.82, 2.24) is 20.0 Å². The standard InChI is InChI=1S/C19H22N4O2/c1-14(24)21-7-6-20-11-15-4-3-5-16(8-15)17-9-18-10-19(25-2)22-13-23(18)12-17/h3-5,8-10,12-13,20H,6-7,11H2,1-2H3,(H,21,24). The summed E-state index contributed by atoms with van der Waals surface area (Å²) in [6.45, 7) is 3.66. The third-order valence-electron chi connectivity index (χ3n) is 3.93. The molecule has 0 spiro atoms. The molecular formula is C19H22N4O2. The lowest BCUT2D eigenvalue weighted by atomic mass is 10.1. The third kappa shape index (κ3) is 4.36. The quantitative estimate of drug-likeness (QED) is 0.648. The number of nitrogens with zero attached hydrogens (tertiary/aromatic N) is 2. The van der Waals surface area contributed by atoms with Crippen molar-refractivity contribution in [3.8, 4) is 17.0 Å². The number of carbonyl (C=O) groups is 1. The van der Waals surface area contributed by atoms with Crippen LogP contribution in [0.3, 0.4) is 0 Å². The first-order chi connectivity index (χ1) is 12.2. The molecule has 0 fully saturated rings. The van der Waals surface area contributed by atoms with Gasteiger partial charge >= 0.3 is 0 Å². The van der Waals surface area contributed by atoms with Crippen molar-refractivity contribution >= 4 is 11.4 Å². The van der Waals surface area contributed by atoms with Crippen LogP contribution in [0.2, 0.25) is 0 Å². The molecular weight excluding hydrogens is 316 g/mol. The Hall–Kier alpha value is -2.86. The minimum Gasteiger partial charge on any atom is -0.481 e. The highest BCUT2D eigenvalue weighted by Gasteiger charge is 2.05. The maximum Gasteiger partial charge on any atom is 0.216 e. The Kier molecular flexibility index (Phi) is 5.30. The van der Waals surface area contributed by atoms with Crippen LogP contribution in [-0.4, -0.2) is 35.5 Å². The van der Waals surface area contributed by atoms with E-state index >= 15 is 0 Å². The Morgan fingerprint density at radius 1 is 1.20 bits per heavy atom. The van der Waals surface area contributed by atoms with E-state index in [9.17, 15) is 4.79 Å². The summed E-state index contributed by atoms with van der Waals surface area (Å²) in [5.74, 6) is 0.602. The number of carbonyl (C=O) groups excluding carboxylic acids is 1. The summed E-state index contributed by atoms with van der Waals surface area (Å²) >= 11 is 0. The highest BCUT2D eigenvalue weighted by molar-refractivity contribution is 5.72. The Bertz CT molecular complexity index is 873. The van der Waals surface area contributed by atoms with Gasteiger partial charge in [-0.15, -0.1) is 0 Å². The summed E-state index contributed by atoms with van der Waals surface area (Å²) in [5.41, 5.74) is 4.53. The minimum atomic E-state index is -0.00399. The molecule has 6 nitrogen and oxygen atoms in total. The molecule has 0 radical (unpaired) electrons. The van der Waals surface area contributed by atoms with Crippen LogP contribution in [0.25, 0.3) is 16.6 Å². The second-order valence-electron chi connectivity index (χ2n) is 5.85. The first kappa shape index (κ1) is 17.0. The van der Waals surface area contributed by atoms with Crippen LogP contribution in [-0.2, 0) is 11.3 Å². The smallest absolute Gasteiger partial charge is 0.216 e. The lowest BCUT2D eigenvalue weighted by Crippen LogP contribution is -2.29. The number of ether oxygens (including phenoxy) is 1. The van der Waals surface area contributed by atoms with Gasteiger partial charge in [-0.25, -0.2) is 4.98 Å². The fourth-order valence-electron chi connectivity index (χ4n) is 2.68. The molecule has 3 rings (SSSR count). The van der Waals surface area contributed by atoms with E-state index < -0.39 is 0 Å². The zero-order chi connectivity index (χ0) is 17.6. The van der Waals surface area contributed by atoms with Gasteiger partial charge in [-0.05, 0) is 23.3 Å². The number of amides is 1. The summed E-state index contributed by atoms with van der Waals surface area (Å²) < 4.78 is 7.16. The van der Waals surface area contributed by atoms with Gasteiger partial charge in [0.05, 0.1) is 12.6 Å². The molecule has 1 amide bonds. The molecule has 0 atom stereocenters. The molecule has 2 N–H and O–H groups in total. The van der Waals surface area contributed by atoms with E-state index in [1.807, 2.05) is 10.5 Å². The summed E-state index contributed by atoms with van der Waals surface area (Å²) in [6, 6.07) is 12.5. The number of rotatable bonds is 7. The molecule has 0 saturated carbocycles. The molecule has 0 aliphatic rings. The summed E-state index contributed by atoms with van der Waals surface area (Å²) in [4.78, 5) is 15.1. The number of benzene rings is 1. The maximum absolute atomic E-state index is 10.8.